The molecule has 222 valence electrons. The fourth-order valence-electron chi connectivity index (χ4n) is 3.35. The molecule has 1 saturated heterocycles. The van der Waals surface area contributed by atoms with Crippen molar-refractivity contribution in [2.24, 2.45) is 0 Å². The number of anilines is 2. The smallest absolute Gasteiger partial charge is 0.475 e. The van der Waals surface area contributed by atoms with E-state index in [-0.39, 0.29) is 0 Å². The van der Waals surface area contributed by atoms with Crippen molar-refractivity contribution in [2.75, 3.05) is 36.8 Å². The van der Waals surface area contributed by atoms with Crippen LogP contribution in [0.5, 0.6) is 0 Å². The van der Waals surface area contributed by atoms with E-state index in [0.717, 1.165) is 28.7 Å². The van der Waals surface area contributed by atoms with Gasteiger partial charge >= 0.3 is 24.3 Å². The molecule has 0 amide bonds. The van der Waals surface area contributed by atoms with E-state index in [1.54, 1.807) is 24.0 Å². The lowest BCUT2D eigenvalue weighted by Gasteiger charge is -2.26. The molecule has 2 aromatic rings. The molecule has 0 unspecified atom stereocenters. The van der Waals surface area contributed by atoms with Gasteiger partial charge in [0, 0.05) is 24.2 Å². The number of allylic oxidation sites excluding steroid dienone is 1. The summed E-state index contributed by atoms with van der Waals surface area (Å²) in [5, 5.41) is 31.4. The van der Waals surface area contributed by atoms with Crippen LogP contribution >= 0.6 is 11.8 Å². The number of carbonyl (C=O) groups is 2. The quantitative estimate of drug-likeness (QED) is 0.267. The first-order valence-corrected chi connectivity index (χ1v) is 12.6. The second-order valence-electron chi connectivity index (χ2n) is 8.24. The number of likely N-dealkylation sites (tertiary alicyclic amines) is 1. The Labute approximate surface area is 234 Å². The lowest BCUT2D eigenvalue weighted by atomic mass is 10.1. The molecule has 0 bridgehead atoms. The molecule has 0 spiro atoms. The number of aliphatic carboxylic acids is 2. The van der Waals surface area contributed by atoms with Crippen molar-refractivity contribution in [2.45, 2.75) is 36.5 Å². The van der Waals surface area contributed by atoms with Crippen molar-refractivity contribution in [3.8, 4) is 6.07 Å². The molecule has 4 N–H and O–H groups in total. The fraction of sp³-hybridized carbons (Fsp3) is 0.375. The average Bonchev–Trinajstić information content (AvgIpc) is 3.33. The number of fused-ring (bicyclic) bond motifs is 1. The van der Waals surface area contributed by atoms with Crippen molar-refractivity contribution < 1.29 is 46.1 Å². The van der Waals surface area contributed by atoms with Gasteiger partial charge < -0.3 is 25.7 Å². The summed E-state index contributed by atoms with van der Waals surface area (Å²) in [5.74, 6) is -4.95. The summed E-state index contributed by atoms with van der Waals surface area (Å²) in [7, 11) is 0. The number of alkyl halides is 6. The Kier molecular flexibility index (Phi) is 12.2. The number of hydrogen-bond donors (Lipinski definition) is 4. The van der Waals surface area contributed by atoms with Crippen molar-refractivity contribution in [1.82, 2.24) is 14.9 Å². The van der Waals surface area contributed by atoms with Gasteiger partial charge in [-0.25, -0.2) is 19.6 Å². The normalized spacial score (nSPS) is 15.9. The summed E-state index contributed by atoms with van der Waals surface area (Å²) in [4.78, 5) is 30.2. The minimum absolute atomic E-state index is 0.540. The number of aromatic nitrogens is 2. The van der Waals surface area contributed by atoms with Crippen LogP contribution in [0.25, 0.3) is 5.57 Å². The van der Waals surface area contributed by atoms with Crippen LogP contribution in [0, 0.1) is 11.3 Å². The number of hydrogen-bond acceptors (Lipinski definition) is 9. The third kappa shape index (κ3) is 11.2. The third-order valence-electron chi connectivity index (χ3n) is 5.24. The third-order valence-corrected chi connectivity index (χ3v) is 6.33. The van der Waals surface area contributed by atoms with Crippen molar-refractivity contribution >= 4 is 40.9 Å². The van der Waals surface area contributed by atoms with E-state index in [9.17, 15) is 31.6 Å². The summed E-state index contributed by atoms with van der Waals surface area (Å²) in [6.07, 6.45) is -4.54. The maximum atomic E-state index is 10.6. The molecular formula is C24H24F6N6O4S. The number of halogens is 6. The maximum Gasteiger partial charge on any atom is 0.490 e. The molecule has 4 rings (SSSR count). The Morgan fingerprint density at radius 1 is 1.02 bits per heavy atom. The summed E-state index contributed by atoms with van der Waals surface area (Å²) < 4.78 is 63.5. The maximum absolute atomic E-state index is 10.6. The van der Waals surface area contributed by atoms with E-state index in [2.05, 4.69) is 31.6 Å². The Hall–Kier alpha value is -4.04. The highest BCUT2D eigenvalue weighted by Gasteiger charge is 2.38. The number of rotatable bonds is 5. The van der Waals surface area contributed by atoms with Crippen molar-refractivity contribution in [3.63, 3.8) is 0 Å². The van der Waals surface area contributed by atoms with Crippen LogP contribution in [0.15, 0.2) is 46.5 Å². The predicted octanol–water partition coefficient (Wildman–Crippen LogP) is 5.05. The number of nitriles is 1. The zero-order valence-corrected chi connectivity index (χ0v) is 21.9. The number of thioether (sulfide) groups is 1. The van der Waals surface area contributed by atoms with Gasteiger partial charge in [-0.1, -0.05) is 30.3 Å². The minimum Gasteiger partial charge on any atom is -0.475 e. The monoisotopic (exact) mass is 606 g/mol. The minimum atomic E-state index is -5.08. The molecule has 41 heavy (non-hydrogen) atoms. The van der Waals surface area contributed by atoms with Gasteiger partial charge in [0.1, 0.15) is 11.6 Å². The molecule has 0 aliphatic carbocycles. The first-order chi connectivity index (χ1) is 19.2. The fourth-order valence-corrected chi connectivity index (χ4v) is 4.36. The summed E-state index contributed by atoms with van der Waals surface area (Å²) in [6, 6.07) is 12.1. The molecule has 0 radical (unpaired) electrons. The molecular weight excluding hydrogens is 582 g/mol. The molecule has 2 aliphatic rings. The van der Waals surface area contributed by atoms with Crippen molar-refractivity contribution in [1.29, 1.82) is 5.26 Å². The number of nitrogens with one attached hydrogen (secondary N) is 2. The van der Waals surface area contributed by atoms with Crippen molar-refractivity contribution in [3.05, 3.63) is 47.3 Å². The van der Waals surface area contributed by atoms with E-state index in [1.165, 1.54) is 32.4 Å². The second kappa shape index (κ2) is 15.1. The van der Waals surface area contributed by atoms with Gasteiger partial charge in [-0.05, 0) is 44.1 Å². The number of nitrogens with zero attached hydrogens (tertiary/aromatic N) is 4. The van der Waals surface area contributed by atoms with Gasteiger partial charge in [-0.15, -0.1) is 0 Å². The highest BCUT2D eigenvalue weighted by molar-refractivity contribution is 8.04. The van der Waals surface area contributed by atoms with Crippen LogP contribution in [0.2, 0.25) is 0 Å². The molecule has 1 fully saturated rings. The Morgan fingerprint density at radius 2 is 1.61 bits per heavy atom. The number of carboxylic acids is 2. The number of para-hydroxylation sites is 1. The Balaban J connectivity index is 0.000000349. The van der Waals surface area contributed by atoms with Gasteiger partial charge in [-0.3, -0.25) is 0 Å². The first-order valence-electron chi connectivity index (χ1n) is 11.8. The second-order valence-corrected chi connectivity index (χ2v) is 9.29. The number of benzene rings is 1. The van der Waals surface area contributed by atoms with E-state index < -0.39 is 24.3 Å². The molecule has 3 heterocycles. The van der Waals surface area contributed by atoms with Crippen LogP contribution in [-0.4, -0.2) is 75.6 Å². The molecule has 10 nitrogen and oxygen atoms in total. The zero-order valence-electron chi connectivity index (χ0n) is 21.1. The van der Waals surface area contributed by atoms with E-state index >= 15 is 0 Å². The van der Waals surface area contributed by atoms with Gasteiger partial charge in [0.05, 0.1) is 16.4 Å². The lowest BCUT2D eigenvalue weighted by molar-refractivity contribution is -0.193. The van der Waals surface area contributed by atoms with Crippen LogP contribution in [0.3, 0.4) is 0 Å². The molecule has 17 heteroatoms. The largest absolute Gasteiger partial charge is 0.490 e. The Bertz CT molecular complexity index is 1230. The van der Waals surface area contributed by atoms with E-state index in [1.807, 2.05) is 24.3 Å². The van der Waals surface area contributed by atoms with E-state index in [0.29, 0.717) is 17.2 Å². The topological polar surface area (TPSA) is 151 Å². The highest BCUT2D eigenvalue weighted by Crippen LogP contribution is 2.43. The van der Waals surface area contributed by atoms with Crippen LogP contribution in [0.4, 0.5) is 38.0 Å². The van der Waals surface area contributed by atoms with Crippen LogP contribution < -0.4 is 10.6 Å². The van der Waals surface area contributed by atoms with Gasteiger partial charge in [0.15, 0.2) is 0 Å². The average molecular weight is 607 g/mol. The summed E-state index contributed by atoms with van der Waals surface area (Å²) in [5.41, 5.74) is 2.20. The Morgan fingerprint density at radius 3 is 2.15 bits per heavy atom. The molecule has 1 aromatic heterocycles. The summed E-state index contributed by atoms with van der Waals surface area (Å²) in [6.45, 7) is 4.15. The zero-order chi connectivity index (χ0) is 30.6. The molecule has 2 aliphatic heterocycles. The molecule has 1 aromatic carbocycles. The predicted molar refractivity (Wildman–Crippen MR) is 137 cm³/mol. The SMILES string of the molecule is N#C/C(=C1/Nc2ccccc2S1)c1ccnc(NCCN2CCCCC2)n1.O=C(O)C(F)(F)F.O=C(O)C(F)(F)F. The van der Waals surface area contributed by atoms with Gasteiger partial charge in [0.2, 0.25) is 5.95 Å². The standard InChI is InChI=1S/C20H22N6S.2C2HF3O2/c21-14-15(19-24-17-6-2-3-7-18(17)27-19)16-8-9-22-20(25-16)23-10-13-26-11-4-1-5-12-26;2*3-2(4,5)1(6)7/h2-3,6-9,24H,1,4-5,10-13H2,(H,22,23,25);2*(H,6,7)/b19-15+;;. The molecule has 0 saturated carbocycles. The van der Waals surface area contributed by atoms with Gasteiger partial charge in [-0.2, -0.15) is 31.6 Å². The van der Waals surface area contributed by atoms with Gasteiger partial charge in [0.25, 0.3) is 0 Å². The van der Waals surface area contributed by atoms with E-state index in [4.69, 9.17) is 19.8 Å². The van der Waals surface area contributed by atoms with Crippen LogP contribution in [-0.2, 0) is 9.59 Å². The first kappa shape index (κ1) is 33.2. The number of carboxylic acid groups (broad SMARTS) is 2. The number of piperidine rings is 1. The highest BCUT2D eigenvalue weighted by atomic mass is 32.2. The molecule has 0 atom stereocenters. The summed E-state index contributed by atoms with van der Waals surface area (Å²) >= 11 is 1.56. The lowest BCUT2D eigenvalue weighted by Crippen LogP contribution is -2.33. The van der Waals surface area contributed by atoms with Crippen LogP contribution in [0.1, 0.15) is 25.0 Å².